The van der Waals surface area contributed by atoms with Crippen LogP contribution < -0.4 is 10.2 Å². The maximum Gasteiger partial charge on any atom is 0.326 e. The predicted octanol–water partition coefficient (Wildman–Crippen LogP) is 4.14. The molecule has 1 aliphatic carbocycles. The first-order chi connectivity index (χ1) is 9.83. The maximum absolute atomic E-state index is 12.5. The number of hydrogen-bond donors (Lipinski definition) is 1. The van der Waals surface area contributed by atoms with Gasteiger partial charge in [-0.25, -0.2) is 4.79 Å². The molecule has 1 saturated carbocycles. The zero-order valence-electron chi connectivity index (χ0n) is 11.3. The summed E-state index contributed by atoms with van der Waals surface area (Å²) in [6.45, 7) is 0.794. The van der Waals surface area contributed by atoms with Crippen molar-refractivity contribution >= 4 is 17.4 Å². The lowest BCUT2D eigenvalue weighted by Crippen LogP contribution is -2.36. The second-order valence-corrected chi connectivity index (χ2v) is 5.19. The van der Waals surface area contributed by atoms with Gasteiger partial charge in [-0.3, -0.25) is 4.90 Å². The van der Waals surface area contributed by atoms with Gasteiger partial charge in [-0.1, -0.05) is 36.4 Å². The van der Waals surface area contributed by atoms with Gasteiger partial charge in [0.25, 0.3) is 0 Å². The number of nitrogens with zero attached hydrogens (tertiary/aromatic N) is 1. The van der Waals surface area contributed by atoms with Gasteiger partial charge in [0.05, 0.1) is 0 Å². The molecule has 0 unspecified atom stereocenters. The minimum atomic E-state index is -0.0608. The van der Waals surface area contributed by atoms with Crippen LogP contribution in [0.3, 0.4) is 0 Å². The van der Waals surface area contributed by atoms with Crippen molar-refractivity contribution < 1.29 is 4.79 Å². The van der Waals surface area contributed by atoms with Crippen molar-refractivity contribution in [3.8, 4) is 0 Å². The van der Waals surface area contributed by atoms with E-state index in [-0.39, 0.29) is 6.03 Å². The molecule has 20 heavy (non-hydrogen) atoms. The molecule has 0 atom stereocenters. The Morgan fingerprint density at radius 1 is 1.00 bits per heavy atom. The first-order valence-corrected chi connectivity index (χ1v) is 7.01. The van der Waals surface area contributed by atoms with Crippen LogP contribution in [0.2, 0.25) is 0 Å². The second-order valence-electron chi connectivity index (χ2n) is 5.19. The van der Waals surface area contributed by atoms with Gasteiger partial charge in [0.15, 0.2) is 0 Å². The van der Waals surface area contributed by atoms with Crippen LogP contribution in [0.1, 0.15) is 12.8 Å². The maximum atomic E-state index is 12.5. The van der Waals surface area contributed by atoms with Crippen molar-refractivity contribution in [3.05, 3.63) is 60.7 Å². The van der Waals surface area contributed by atoms with Crippen LogP contribution in [0, 0.1) is 5.92 Å². The lowest BCUT2D eigenvalue weighted by atomic mass is 10.2. The first kappa shape index (κ1) is 12.7. The van der Waals surface area contributed by atoms with Gasteiger partial charge >= 0.3 is 6.03 Å². The Balaban J connectivity index is 1.76. The minimum absolute atomic E-state index is 0.0608. The van der Waals surface area contributed by atoms with E-state index < -0.39 is 0 Å². The Labute approximate surface area is 119 Å². The number of amides is 2. The molecule has 0 saturated heterocycles. The van der Waals surface area contributed by atoms with Crippen molar-refractivity contribution in [3.63, 3.8) is 0 Å². The molecular weight excluding hydrogens is 248 g/mol. The SMILES string of the molecule is O=C(Nc1ccccc1)N(CC1CC1)c1ccccc1. The van der Waals surface area contributed by atoms with E-state index in [1.165, 1.54) is 12.8 Å². The Morgan fingerprint density at radius 3 is 2.20 bits per heavy atom. The number of rotatable bonds is 4. The van der Waals surface area contributed by atoms with E-state index >= 15 is 0 Å². The highest BCUT2D eigenvalue weighted by molar-refractivity contribution is 6.01. The average molecular weight is 266 g/mol. The van der Waals surface area contributed by atoms with Crippen molar-refractivity contribution in [2.24, 2.45) is 5.92 Å². The average Bonchev–Trinajstić information content (AvgIpc) is 3.31. The van der Waals surface area contributed by atoms with Crippen molar-refractivity contribution in [2.75, 3.05) is 16.8 Å². The van der Waals surface area contributed by atoms with Crippen molar-refractivity contribution in [2.45, 2.75) is 12.8 Å². The second kappa shape index (κ2) is 5.78. The number of carbonyl (C=O) groups is 1. The Hall–Kier alpha value is -2.29. The molecular formula is C17H18N2O. The van der Waals surface area contributed by atoms with Crippen molar-refractivity contribution in [1.82, 2.24) is 0 Å². The van der Waals surface area contributed by atoms with E-state index in [0.717, 1.165) is 17.9 Å². The molecule has 0 bridgehead atoms. The van der Waals surface area contributed by atoms with Crippen LogP contribution in [-0.2, 0) is 0 Å². The predicted molar refractivity (Wildman–Crippen MR) is 82.0 cm³/mol. The van der Waals surface area contributed by atoms with Gasteiger partial charge in [0, 0.05) is 17.9 Å². The largest absolute Gasteiger partial charge is 0.326 e. The van der Waals surface area contributed by atoms with E-state index in [4.69, 9.17) is 0 Å². The normalized spacial score (nSPS) is 13.8. The lowest BCUT2D eigenvalue weighted by Gasteiger charge is -2.23. The molecule has 0 aromatic heterocycles. The third-order valence-electron chi connectivity index (χ3n) is 3.48. The monoisotopic (exact) mass is 266 g/mol. The molecule has 102 valence electrons. The summed E-state index contributed by atoms with van der Waals surface area (Å²) in [4.78, 5) is 14.3. The lowest BCUT2D eigenvalue weighted by molar-refractivity contribution is 0.256. The summed E-state index contributed by atoms with van der Waals surface area (Å²) in [5.74, 6) is 0.650. The Bertz CT molecular complexity index is 564. The van der Waals surface area contributed by atoms with E-state index in [1.54, 1.807) is 0 Å². The number of urea groups is 1. The molecule has 1 aliphatic rings. The molecule has 0 spiro atoms. The van der Waals surface area contributed by atoms with Crippen LogP contribution in [-0.4, -0.2) is 12.6 Å². The van der Waals surface area contributed by atoms with Gasteiger partial charge in [0.2, 0.25) is 0 Å². The van der Waals surface area contributed by atoms with Crippen LogP contribution in [0.5, 0.6) is 0 Å². The number of benzene rings is 2. The summed E-state index contributed by atoms with van der Waals surface area (Å²) in [7, 11) is 0. The van der Waals surface area contributed by atoms with Crippen LogP contribution >= 0.6 is 0 Å². The number of nitrogens with one attached hydrogen (secondary N) is 1. The Kier molecular flexibility index (Phi) is 3.68. The van der Waals surface area contributed by atoms with Gasteiger partial charge in [-0.15, -0.1) is 0 Å². The molecule has 2 aromatic carbocycles. The van der Waals surface area contributed by atoms with Crippen LogP contribution in [0.15, 0.2) is 60.7 Å². The molecule has 3 nitrogen and oxygen atoms in total. The molecule has 0 aliphatic heterocycles. The summed E-state index contributed by atoms with van der Waals surface area (Å²) in [6, 6.07) is 19.4. The molecule has 0 radical (unpaired) electrons. The molecule has 1 N–H and O–H groups in total. The summed E-state index contributed by atoms with van der Waals surface area (Å²) in [6.07, 6.45) is 2.45. The molecule has 2 amide bonds. The third-order valence-corrected chi connectivity index (χ3v) is 3.48. The summed E-state index contributed by atoms with van der Waals surface area (Å²) in [5.41, 5.74) is 1.78. The fraction of sp³-hybridized carbons (Fsp3) is 0.235. The fourth-order valence-electron chi connectivity index (χ4n) is 2.18. The molecule has 0 heterocycles. The van der Waals surface area contributed by atoms with Crippen LogP contribution in [0.4, 0.5) is 16.2 Å². The highest BCUT2D eigenvalue weighted by atomic mass is 16.2. The molecule has 1 fully saturated rings. The van der Waals surface area contributed by atoms with Gasteiger partial charge in [0.1, 0.15) is 0 Å². The number of hydrogen-bond acceptors (Lipinski definition) is 1. The van der Waals surface area contributed by atoms with E-state index in [9.17, 15) is 4.79 Å². The van der Waals surface area contributed by atoms with Gasteiger partial charge in [-0.2, -0.15) is 0 Å². The third kappa shape index (κ3) is 3.18. The first-order valence-electron chi connectivity index (χ1n) is 7.01. The summed E-state index contributed by atoms with van der Waals surface area (Å²) in [5, 5.41) is 2.96. The number of carbonyl (C=O) groups excluding carboxylic acids is 1. The highest BCUT2D eigenvalue weighted by Crippen LogP contribution is 2.31. The number of anilines is 2. The van der Waals surface area contributed by atoms with Crippen molar-refractivity contribution in [1.29, 1.82) is 0 Å². The fourth-order valence-corrected chi connectivity index (χ4v) is 2.18. The summed E-state index contributed by atoms with van der Waals surface area (Å²) < 4.78 is 0. The van der Waals surface area contributed by atoms with E-state index in [2.05, 4.69) is 5.32 Å². The van der Waals surface area contributed by atoms with E-state index in [1.807, 2.05) is 65.6 Å². The Morgan fingerprint density at radius 2 is 1.60 bits per heavy atom. The number of para-hydroxylation sites is 2. The van der Waals surface area contributed by atoms with Gasteiger partial charge in [-0.05, 0) is 43.0 Å². The van der Waals surface area contributed by atoms with Crippen LogP contribution in [0.25, 0.3) is 0 Å². The highest BCUT2D eigenvalue weighted by Gasteiger charge is 2.27. The topological polar surface area (TPSA) is 32.3 Å². The van der Waals surface area contributed by atoms with Gasteiger partial charge < -0.3 is 5.32 Å². The standard InChI is InChI=1S/C17H18N2O/c20-17(18-15-7-3-1-4-8-15)19(13-14-11-12-14)16-9-5-2-6-10-16/h1-10,14H,11-13H2,(H,18,20). The quantitative estimate of drug-likeness (QED) is 0.886. The molecule has 3 heteroatoms. The molecule has 2 aromatic rings. The smallest absolute Gasteiger partial charge is 0.308 e. The molecule has 3 rings (SSSR count). The zero-order chi connectivity index (χ0) is 13.8. The van der Waals surface area contributed by atoms with E-state index in [0.29, 0.717) is 5.92 Å². The minimum Gasteiger partial charge on any atom is -0.308 e. The summed E-state index contributed by atoms with van der Waals surface area (Å²) >= 11 is 0. The zero-order valence-corrected chi connectivity index (χ0v) is 11.3.